The Morgan fingerprint density at radius 2 is 2.11 bits per heavy atom. The summed E-state index contributed by atoms with van der Waals surface area (Å²) in [7, 11) is 4.01. The number of nitrogens with one attached hydrogen (secondary N) is 2. The molecule has 2 heterocycles. The molecule has 0 atom stereocenters. The van der Waals surface area contributed by atoms with Crippen molar-refractivity contribution < 1.29 is 9.90 Å². The molecule has 0 saturated heterocycles. The smallest absolute Gasteiger partial charge is 0.253 e. The molecule has 0 unspecified atom stereocenters. The summed E-state index contributed by atoms with van der Waals surface area (Å²) in [5.41, 5.74) is 2.63. The molecule has 0 radical (unpaired) electrons. The first-order valence-electron chi connectivity index (χ1n) is 8.77. The molecule has 0 spiro atoms. The van der Waals surface area contributed by atoms with Crippen molar-refractivity contribution in [2.24, 2.45) is 0 Å². The summed E-state index contributed by atoms with van der Waals surface area (Å²) >= 11 is 0. The average molecular weight is 368 g/mol. The first-order chi connectivity index (χ1) is 13.0. The second-order valence-corrected chi connectivity index (χ2v) is 6.67. The maximum Gasteiger partial charge on any atom is 0.253 e. The van der Waals surface area contributed by atoms with Crippen LogP contribution in [0.3, 0.4) is 0 Å². The molecule has 3 N–H and O–H groups in total. The molecule has 0 bridgehead atoms. The van der Waals surface area contributed by atoms with E-state index in [1.54, 1.807) is 28.9 Å². The Labute approximate surface area is 157 Å². The minimum Gasteiger partial charge on any atom is -0.508 e. The number of phenols is 1. The van der Waals surface area contributed by atoms with Gasteiger partial charge in [0.05, 0.1) is 5.56 Å². The van der Waals surface area contributed by atoms with E-state index in [0.717, 1.165) is 24.2 Å². The van der Waals surface area contributed by atoms with E-state index in [4.69, 9.17) is 0 Å². The van der Waals surface area contributed by atoms with Crippen molar-refractivity contribution in [3.63, 3.8) is 0 Å². The Balaban J connectivity index is 1.83. The second kappa shape index (κ2) is 8.05. The zero-order valence-electron chi connectivity index (χ0n) is 15.7. The second-order valence-electron chi connectivity index (χ2n) is 6.67. The number of aryl methyl sites for hydroxylation is 1. The monoisotopic (exact) mass is 368 g/mol. The number of anilines is 2. The molecule has 142 valence electrons. The lowest BCUT2D eigenvalue weighted by molar-refractivity contribution is 0.0954. The average Bonchev–Trinajstić information content (AvgIpc) is 3.07. The van der Waals surface area contributed by atoms with Crippen LogP contribution in [0.15, 0.2) is 36.8 Å². The van der Waals surface area contributed by atoms with E-state index in [1.165, 1.54) is 6.33 Å². The van der Waals surface area contributed by atoms with E-state index in [-0.39, 0.29) is 11.7 Å². The minimum absolute atomic E-state index is 0.156. The predicted octanol–water partition coefficient (Wildman–Crippen LogP) is 2.17. The Bertz CT molecular complexity index is 951. The van der Waals surface area contributed by atoms with Gasteiger partial charge in [0.1, 0.15) is 17.6 Å². The van der Waals surface area contributed by atoms with Crippen molar-refractivity contribution in [3.8, 4) is 5.75 Å². The van der Waals surface area contributed by atoms with Crippen LogP contribution >= 0.6 is 0 Å². The molecular weight excluding hydrogens is 344 g/mol. The Morgan fingerprint density at radius 1 is 1.30 bits per heavy atom. The van der Waals surface area contributed by atoms with Crippen LogP contribution in [0.5, 0.6) is 5.75 Å². The standard InChI is InChI=1S/C19H24N6O2/c1-13-11-14(5-6-16(13)26)23-18-17-15(7-10-25(17)22-12-21-18)19(27)20-8-4-9-24(2)3/h5-7,10-12,26H,4,8-9H2,1-3H3,(H,20,27)(H,21,22,23). The Morgan fingerprint density at radius 3 is 2.85 bits per heavy atom. The lowest BCUT2D eigenvalue weighted by atomic mass is 10.2. The number of nitrogens with zero attached hydrogens (tertiary/aromatic N) is 4. The van der Waals surface area contributed by atoms with Gasteiger partial charge < -0.3 is 20.6 Å². The van der Waals surface area contributed by atoms with Crippen molar-refractivity contribution in [1.29, 1.82) is 0 Å². The van der Waals surface area contributed by atoms with Gasteiger partial charge in [-0.25, -0.2) is 9.50 Å². The third kappa shape index (κ3) is 4.35. The van der Waals surface area contributed by atoms with Crippen molar-refractivity contribution in [2.45, 2.75) is 13.3 Å². The number of aromatic nitrogens is 3. The van der Waals surface area contributed by atoms with Crippen molar-refractivity contribution in [1.82, 2.24) is 24.8 Å². The highest BCUT2D eigenvalue weighted by Gasteiger charge is 2.16. The van der Waals surface area contributed by atoms with Crippen molar-refractivity contribution in [2.75, 3.05) is 32.5 Å². The molecule has 1 aromatic carbocycles. The van der Waals surface area contributed by atoms with Crippen LogP contribution < -0.4 is 10.6 Å². The van der Waals surface area contributed by atoms with E-state index in [9.17, 15) is 9.90 Å². The van der Waals surface area contributed by atoms with Gasteiger partial charge in [0.25, 0.3) is 5.91 Å². The zero-order chi connectivity index (χ0) is 19.4. The highest BCUT2D eigenvalue weighted by molar-refractivity contribution is 6.03. The number of amides is 1. The topological polar surface area (TPSA) is 94.8 Å². The molecule has 8 nitrogen and oxygen atoms in total. The SMILES string of the molecule is Cc1cc(Nc2ncnn3ccc(C(=O)NCCCN(C)C)c23)ccc1O. The molecule has 3 aromatic rings. The Kier molecular flexibility index (Phi) is 5.56. The molecule has 27 heavy (non-hydrogen) atoms. The molecule has 0 saturated carbocycles. The maximum absolute atomic E-state index is 12.6. The summed E-state index contributed by atoms with van der Waals surface area (Å²) in [6, 6.07) is 6.92. The lowest BCUT2D eigenvalue weighted by Crippen LogP contribution is -2.27. The normalized spacial score (nSPS) is 11.1. The van der Waals surface area contributed by atoms with Crippen LogP contribution in [-0.4, -0.2) is 57.7 Å². The zero-order valence-corrected chi connectivity index (χ0v) is 15.7. The van der Waals surface area contributed by atoms with Crippen LogP contribution in [0, 0.1) is 6.92 Å². The molecule has 0 aliphatic rings. The Hall–Kier alpha value is -3.13. The van der Waals surface area contributed by atoms with Crippen molar-refractivity contribution in [3.05, 3.63) is 47.9 Å². The first kappa shape index (κ1) is 18.7. The minimum atomic E-state index is -0.156. The van der Waals surface area contributed by atoms with Crippen LogP contribution in [0.4, 0.5) is 11.5 Å². The van der Waals surface area contributed by atoms with Crippen LogP contribution in [0.1, 0.15) is 22.3 Å². The number of rotatable bonds is 7. The van der Waals surface area contributed by atoms with Gasteiger partial charge >= 0.3 is 0 Å². The van der Waals surface area contributed by atoms with Crippen LogP contribution in [0.25, 0.3) is 5.52 Å². The van der Waals surface area contributed by atoms with E-state index in [2.05, 4.69) is 25.6 Å². The highest BCUT2D eigenvalue weighted by Crippen LogP contribution is 2.26. The number of hydrogen-bond donors (Lipinski definition) is 3. The van der Waals surface area contributed by atoms with Gasteiger partial charge in [-0.2, -0.15) is 5.10 Å². The number of aromatic hydroxyl groups is 1. The van der Waals surface area contributed by atoms with Crippen molar-refractivity contribution >= 4 is 22.9 Å². The van der Waals surface area contributed by atoms with Gasteiger partial charge in [-0.05, 0) is 63.8 Å². The molecule has 2 aromatic heterocycles. The number of phenolic OH excluding ortho intramolecular Hbond substituents is 1. The quantitative estimate of drug-likeness (QED) is 0.437. The molecule has 0 aliphatic heterocycles. The first-order valence-corrected chi connectivity index (χ1v) is 8.77. The number of benzene rings is 1. The molecule has 0 aliphatic carbocycles. The fraction of sp³-hybridized carbons (Fsp3) is 0.316. The number of carbonyl (C=O) groups excluding carboxylic acids is 1. The largest absolute Gasteiger partial charge is 0.508 e. The number of carbonyl (C=O) groups is 1. The lowest BCUT2D eigenvalue weighted by Gasteiger charge is -2.11. The molecule has 1 amide bonds. The third-order valence-electron chi connectivity index (χ3n) is 4.23. The molecular formula is C19H24N6O2. The summed E-state index contributed by atoms with van der Waals surface area (Å²) in [4.78, 5) is 19.0. The van der Waals surface area contributed by atoms with Gasteiger partial charge in [-0.1, -0.05) is 0 Å². The van der Waals surface area contributed by atoms with E-state index < -0.39 is 0 Å². The van der Waals surface area contributed by atoms with E-state index >= 15 is 0 Å². The summed E-state index contributed by atoms with van der Waals surface area (Å²) in [5.74, 6) is 0.600. The third-order valence-corrected chi connectivity index (χ3v) is 4.23. The predicted molar refractivity (Wildman–Crippen MR) is 105 cm³/mol. The number of fused-ring (bicyclic) bond motifs is 1. The van der Waals surface area contributed by atoms with Crippen LogP contribution in [0.2, 0.25) is 0 Å². The molecule has 3 rings (SSSR count). The van der Waals surface area contributed by atoms with Crippen LogP contribution in [-0.2, 0) is 0 Å². The van der Waals surface area contributed by atoms with E-state index in [0.29, 0.717) is 23.4 Å². The molecule has 0 fully saturated rings. The highest BCUT2D eigenvalue weighted by atomic mass is 16.3. The van der Waals surface area contributed by atoms with Gasteiger partial charge in [0, 0.05) is 18.4 Å². The maximum atomic E-state index is 12.6. The van der Waals surface area contributed by atoms with E-state index in [1.807, 2.05) is 27.1 Å². The van der Waals surface area contributed by atoms with Gasteiger partial charge in [0.2, 0.25) is 0 Å². The molecule has 8 heteroatoms. The summed E-state index contributed by atoms with van der Waals surface area (Å²) in [5, 5.41) is 20.0. The summed E-state index contributed by atoms with van der Waals surface area (Å²) < 4.78 is 1.62. The fourth-order valence-corrected chi connectivity index (χ4v) is 2.79. The van der Waals surface area contributed by atoms with Gasteiger partial charge in [-0.3, -0.25) is 4.79 Å². The number of hydrogen-bond acceptors (Lipinski definition) is 6. The summed E-state index contributed by atoms with van der Waals surface area (Å²) in [6.07, 6.45) is 4.04. The van der Waals surface area contributed by atoms with Gasteiger partial charge in [0.15, 0.2) is 5.82 Å². The summed E-state index contributed by atoms with van der Waals surface area (Å²) in [6.45, 7) is 3.33. The fourth-order valence-electron chi connectivity index (χ4n) is 2.79. The van der Waals surface area contributed by atoms with Gasteiger partial charge in [-0.15, -0.1) is 0 Å².